The Bertz CT molecular complexity index is 458. The summed E-state index contributed by atoms with van der Waals surface area (Å²) in [6.45, 7) is 1.21. The summed E-state index contributed by atoms with van der Waals surface area (Å²) in [5.41, 5.74) is 0.174. The van der Waals surface area contributed by atoms with Crippen LogP contribution in [0.25, 0.3) is 0 Å². The van der Waals surface area contributed by atoms with E-state index >= 15 is 0 Å². The molecule has 1 aromatic carbocycles. The highest BCUT2D eigenvalue weighted by Crippen LogP contribution is 2.20. The molecule has 0 saturated carbocycles. The molecule has 0 spiro atoms. The van der Waals surface area contributed by atoms with Crippen LogP contribution in [-0.2, 0) is 16.1 Å². The van der Waals surface area contributed by atoms with Crippen LogP contribution >= 0.6 is 11.6 Å². The second-order valence-corrected chi connectivity index (χ2v) is 4.36. The number of carboxylic acid groups (broad SMARTS) is 1. The Morgan fingerprint density at radius 3 is 2.61 bits per heavy atom. The average molecular weight is 274 g/mol. The predicted octanol–water partition coefficient (Wildman–Crippen LogP) is 2.16. The van der Waals surface area contributed by atoms with Crippen LogP contribution in [0.4, 0.5) is 4.39 Å². The molecular formula is C12H13ClFNO3. The van der Waals surface area contributed by atoms with Crippen LogP contribution < -0.4 is 0 Å². The average Bonchev–Trinajstić information content (AvgIpc) is 2.31. The lowest BCUT2D eigenvalue weighted by Gasteiger charge is -2.20. The van der Waals surface area contributed by atoms with Crippen molar-refractivity contribution in [3.8, 4) is 0 Å². The maximum absolute atomic E-state index is 13.5. The third-order valence-electron chi connectivity index (χ3n) is 2.57. The molecule has 0 fully saturated rings. The molecule has 0 aromatic heterocycles. The number of carboxylic acids is 1. The Kier molecular flexibility index (Phi) is 4.67. The number of hydrogen-bond acceptors (Lipinski definition) is 2. The highest BCUT2D eigenvalue weighted by atomic mass is 35.5. The Morgan fingerprint density at radius 1 is 1.50 bits per heavy atom. The molecule has 0 bridgehead atoms. The fraction of sp³-hybridized carbons (Fsp3) is 0.333. The van der Waals surface area contributed by atoms with Crippen LogP contribution in [0.1, 0.15) is 12.5 Å². The summed E-state index contributed by atoms with van der Waals surface area (Å²) in [4.78, 5) is 23.5. The molecule has 0 radical (unpaired) electrons. The Morgan fingerprint density at radius 2 is 2.11 bits per heavy atom. The van der Waals surface area contributed by atoms with Crippen molar-refractivity contribution < 1.29 is 19.1 Å². The lowest BCUT2D eigenvalue weighted by Crippen LogP contribution is -2.35. The van der Waals surface area contributed by atoms with Gasteiger partial charge in [0.15, 0.2) is 0 Å². The van der Waals surface area contributed by atoms with Crippen LogP contribution in [0.15, 0.2) is 18.2 Å². The maximum atomic E-state index is 13.5. The van der Waals surface area contributed by atoms with Gasteiger partial charge in [0.2, 0.25) is 5.91 Å². The topological polar surface area (TPSA) is 57.6 Å². The van der Waals surface area contributed by atoms with Crippen molar-refractivity contribution in [2.45, 2.75) is 13.5 Å². The zero-order valence-corrected chi connectivity index (χ0v) is 10.7. The first-order valence-electron chi connectivity index (χ1n) is 5.25. The summed E-state index contributed by atoms with van der Waals surface area (Å²) in [5, 5.41) is 8.94. The number of carbonyl (C=O) groups is 2. The van der Waals surface area contributed by atoms with Gasteiger partial charge in [-0.05, 0) is 19.1 Å². The molecule has 1 rings (SSSR count). The second kappa shape index (κ2) is 5.82. The van der Waals surface area contributed by atoms with Gasteiger partial charge in [0.25, 0.3) is 0 Å². The van der Waals surface area contributed by atoms with Gasteiger partial charge in [-0.2, -0.15) is 0 Å². The van der Waals surface area contributed by atoms with Crippen molar-refractivity contribution in [3.63, 3.8) is 0 Å². The molecule has 4 nitrogen and oxygen atoms in total. The van der Waals surface area contributed by atoms with Crippen molar-refractivity contribution in [3.05, 3.63) is 34.6 Å². The van der Waals surface area contributed by atoms with Crippen LogP contribution in [-0.4, -0.2) is 28.9 Å². The van der Waals surface area contributed by atoms with Crippen molar-refractivity contribution in [1.82, 2.24) is 4.90 Å². The van der Waals surface area contributed by atoms with E-state index in [-0.39, 0.29) is 17.1 Å². The third-order valence-corrected chi connectivity index (χ3v) is 2.93. The number of hydrogen-bond donors (Lipinski definition) is 1. The van der Waals surface area contributed by atoms with Gasteiger partial charge >= 0.3 is 5.97 Å². The third kappa shape index (κ3) is 3.20. The lowest BCUT2D eigenvalue weighted by atomic mass is 10.1. The number of aliphatic carboxylic acids is 1. The molecule has 1 unspecified atom stereocenters. The Hall–Kier alpha value is -1.62. The molecular weight excluding hydrogens is 261 g/mol. The summed E-state index contributed by atoms with van der Waals surface area (Å²) in [5.74, 6) is -3.50. The molecule has 98 valence electrons. The zero-order valence-electron chi connectivity index (χ0n) is 9.98. The van der Waals surface area contributed by atoms with E-state index < -0.39 is 23.6 Å². The summed E-state index contributed by atoms with van der Waals surface area (Å²) in [7, 11) is 1.41. The first kappa shape index (κ1) is 14.4. The lowest BCUT2D eigenvalue weighted by molar-refractivity contribution is -0.149. The molecule has 0 saturated heterocycles. The van der Waals surface area contributed by atoms with Crippen LogP contribution in [0.5, 0.6) is 0 Å². The fourth-order valence-corrected chi connectivity index (χ4v) is 1.66. The van der Waals surface area contributed by atoms with E-state index in [0.717, 1.165) is 4.90 Å². The molecule has 0 aliphatic carbocycles. The van der Waals surface area contributed by atoms with E-state index in [2.05, 4.69) is 0 Å². The smallest absolute Gasteiger partial charge is 0.315 e. The zero-order chi connectivity index (χ0) is 13.9. The molecule has 18 heavy (non-hydrogen) atoms. The molecule has 1 amide bonds. The molecule has 0 heterocycles. The van der Waals surface area contributed by atoms with E-state index in [0.29, 0.717) is 0 Å². The normalized spacial score (nSPS) is 12.0. The van der Waals surface area contributed by atoms with Gasteiger partial charge in [0, 0.05) is 24.2 Å². The van der Waals surface area contributed by atoms with Gasteiger partial charge < -0.3 is 10.0 Å². The highest BCUT2D eigenvalue weighted by molar-refractivity contribution is 6.31. The minimum absolute atomic E-state index is 0.0675. The Labute approximate surface area is 109 Å². The molecule has 0 aliphatic heterocycles. The van der Waals surface area contributed by atoms with Crippen LogP contribution in [0.3, 0.4) is 0 Å². The monoisotopic (exact) mass is 273 g/mol. The van der Waals surface area contributed by atoms with Crippen molar-refractivity contribution in [2.24, 2.45) is 5.92 Å². The van der Waals surface area contributed by atoms with Gasteiger partial charge in [-0.25, -0.2) is 4.39 Å². The summed E-state index contributed by atoms with van der Waals surface area (Å²) < 4.78 is 13.5. The van der Waals surface area contributed by atoms with Crippen LogP contribution in [0, 0.1) is 11.7 Å². The van der Waals surface area contributed by atoms with Gasteiger partial charge in [-0.15, -0.1) is 0 Å². The van der Waals surface area contributed by atoms with E-state index in [9.17, 15) is 14.0 Å². The van der Waals surface area contributed by atoms with Gasteiger partial charge in [-0.3, -0.25) is 9.59 Å². The van der Waals surface area contributed by atoms with Gasteiger partial charge in [-0.1, -0.05) is 17.7 Å². The quantitative estimate of drug-likeness (QED) is 0.855. The van der Waals surface area contributed by atoms with E-state index in [1.165, 1.54) is 32.2 Å². The van der Waals surface area contributed by atoms with Crippen molar-refractivity contribution in [2.75, 3.05) is 7.05 Å². The fourth-order valence-electron chi connectivity index (χ4n) is 1.43. The summed E-state index contributed by atoms with van der Waals surface area (Å²) in [6.07, 6.45) is 0. The van der Waals surface area contributed by atoms with E-state index in [1.807, 2.05) is 0 Å². The minimum Gasteiger partial charge on any atom is -0.481 e. The number of benzene rings is 1. The Balaban J connectivity index is 2.85. The van der Waals surface area contributed by atoms with Gasteiger partial charge in [0.1, 0.15) is 11.7 Å². The number of carbonyl (C=O) groups excluding carboxylic acids is 1. The molecule has 6 heteroatoms. The molecule has 1 atom stereocenters. The largest absolute Gasteiger partial charge is 0.481 e. The number of amides is 1. The van der Waals surface area contributed by atoms with Gasteiger partial charge in [0.05, 0.1) is 0 Å². The maximum Gasteiger partial charge on any atom is 0.315 e. The summed E-state index contributed by atoms with van der Waals surface area (Å²) >= 11 is 5.83. The van der Waals surface area contributed by atoms with Crippen LogP contribution in [0.2, 0.25) is 5.02 Å². The van der Waals surface area contributed by atoms with E-state index in [4.69, 9.17) is 16.7 Å². The summed E-state index contributed by atoms with van der Waals surface area (Å²) in [6, 6.07) is 4.21. The second-order valence-electron chi connectivity index (χ2n) is 3.95. The van der Waals surface area contributed by atoms with E-state index in [1.54, 1.807) is 0 Å². The standard InChI is InChI=1S/C12H13ClFNO3/c1-7(12(17)18)11(16)15(2)6-8-9(13)4-3-5-10(8)14/h3-5,7H,6H2,1-2H3,(H,17,18). The SMILES string of the molecule is CC(C(=O)O)C(=O)N(C)Cc1c(F)cccc1Cl. The first-order chi connectivity index (χ1) is 8.34. The van der Waals surface area contributed by atoms with Crippen molar-refractivity contribution >= 4 is 23.5 Å². The minimum atomic E-state index is -1.22. The highest BCUT2D eigenvalue weighted by Gasteiger charge is 2.24. The first-order valence-corrected chi connectivity index (χ1v) is 5.63. The predicted molar refractivity (Wildman–Crippen MR) is 64.7 cm³/mol. The number of nitrogens with zero attached hydrogens (tertiary/aromatic N) is 1. The number of rotatable bonds is 4. The molecule has 1 aromatic rings. The number of halogens is 2. The van der Waals surface area contributed by atoms with Crippen molar-refractivity contribution in [1.29, 1.82) is 0 Å². The molecule has 1 N–H and O–H groups in total. The molecule has 0 aliphatic rings.